The first kappa shape index (κ1) is 14.2. The number of hydrogen-bond donors (Lipinski definition) is 0. The van der Waals surface area contributed by atoms with E-state index >= 15 is 0 Å². The van der Waals surface area contributed by atoms with Crippen LogP contribution in [0.2, 0.25) is 0 Å². The molecule has 0 fully saturated rings. The van der Waals surface area contributed by atoms with Gasteiger partial charge in [0, 0.05) is 18.0 Å². The predicted octanol–water partition coefficient (Wildman–Crippen LogP) is 4.90. The van der Waals surface area contributed by atoms with Crippen molar-refractivity contribution in [3.8, 4) is 11.1 Å². The van der Waals surface area contributed by atoms with E-state index in [1.165, 1.54) is 11.1 Å². The molecule has 0 amide bonds. The number of aliphatic imine (C=N–C) groups is 1. The summed E-state index contributed by atoms with van der Waals surface area (Å²) in [6.45, 7) is 6.15. The molecule has 0 spiro atoms. The molecule has 2 heteroatoms. The number of benzene rings is 1. The fourth-order valence-corrected chi connectivity index (χ4v) is 1.94. The first-order valence-electron chi connectivity index (χ1n) is 6.97. The maximum absolute atomic E-state index is 4.52. The molecule has 0 aliphatic heterocycles. The standard InChI is InChI=1S/C18H20N2/c1-4-12-19-17(5-2)18-11-10-16(13-20-18)15-8-6-14(3)7-9-15/h5-13H,4H2,1-3H3/b17-5-,19-12?. The summed E-state index contributed by atoms with van der Waals surface area (Å²) < 4.78 is 0. The van der Waals surface area contributed by atoms with Crippen molar-refractivity contribution in [3.63, 3.8) is 0 Å². The monoisotopic (exact) mass is 264 g/mol. The van der Waals surface area contributed by atoms with Crippen molar-refractivity contribution in [2.45, 2.75) is 27.2 Å². The molecule has 0 bridgehead atoms. The van der Waals surface area contributed by atoms with E-state index in [0.29, 0.717) is 0 Å². The van der Waals surface area contributed by atoms with Gasteiger partial charge in [0.25, 0.3) is 0 Å². The van der Waals surface area contributed by atoms with Gasteiger partial charge in [-0.1, -0.05) is 48.9 Å². The SMILES string of the molecule is C/C=C(\N=CCC)c1ccc(-c2ccc(C)cc2)cn1. The molecule has 0 aliphatic rings. The van der Waals surface area contributed by atoms with Gasteiger partial charge in [-0.05, 0) is 31.9 Å². The topological polar surface area (TPSA) is 25.2 Å². The number of aryl methyl sites for hydroxylation is 1. The Morgan fingerprint density at radius 2 is 1.80 bits per heavy atom. The van der Waals surface area contributed by atoms with E-state index in [2.05, 4.69) is 54.2 Å². The molecule has 0 atom stereocenters. The highest BCUT2D eigenvalue weighted by molar-refractivity contribution is 5.73. The number of allylic oxidation sites excluding steroid dienone is 1. The van der Waals surface area contributed by atoms with Crippen LogP contribution in [0.25, 0.3) is 16.8 Å². The molecule has 1 aromatic heterocycles. The lowest BCUT2D eigenvalue weighted by Crippen LogP contribution is -1.88. The maximum atomic E-state index is 4.52. The quantitative estimate of drug-likeness (QED) is 0.721. The number of pyridine rings is 1. The van der Waals surface area contributed by atoms with Gasteiger partial charge in [0.2, 0.25) is 0 Å². The van der Waals surface area contributed by atoms with Gasteiger partial charge >= 0.3 is 0 Å². The second-order valence-corrected chi connectivity index (χ2v) is 4.69. The van der Waals surface area contributed by atoms with Gasteiger partial charge in [-0.25, -0.2) is 0 Å². The third-order valence-corrected chi connectivity index (χ3v) is 3.10. The van der Waals surface area contributed by atoms with Crippen molar-refractivity contribution < 1.29 is 0 Å². The molecule has 2 aromatic rings. The van der Waals surface area contributed by atoms with Gasteiger partial charge in [-0.3, -0.25) is 9.98 Å². The molecule has 0 aliphatic carbocycles. The fourth-order valence-electron chi connectivity index (χ4n) is 1.94. The van der Waals surface area contributed by atoms with E-state index in [0.717, 1.165) is 23.4 Å². The molecule has 0 N–H and O–H groups in total. The van der Waals surface area contributed by atoms with Crippen molar-refractivity contribution >= 4 is 11.9 Å². The van der Waals surface area contributed by atoms with E-state index < -0.39 is 0 Å². The summed E-state index contributed by atoms with van der Waals surface area (Å²) in [5, 5.41) is 0. The van der Waals surface area contributed by atoms with E-state index in [1.807, 2.05) is 31.5 Å². The molecule has 0 radical (unpaired) electrons. The summed E-state index contributed by atoms with van der Waals surface area (Å²) in [6, 6.07) is 12.6. The molecule has 0 saturated carbocycles. The van der Waals surface area contributed by atoms with Crippen LogP contribution in [-0.2, 0) is 0 Å². The zero-order valence-corrected chi connectivity index (χ0v) is 12.3. The van der Waals surface area contributed by atoms with E-state index in [9.17, 15) is 0 Å². The fraction of sp³-hybridized carbons (Fsp3) is 0.222. The van der Waals surface area contributed by atoms with Gasteiger partial charge in [0.05, 0.1) is 11.4 Å². The average Bonchev–Trinajstić information content (AvgIpc) is 2.49. The maximum Gasteiger partial charge on any atom is 0.0883 e. The van der Waals surface area contributed by atoms with Crippen LogP contribution < -0.4 is 0 Å². The average molecular weight is 264 g/mol. The highest BCUT2D eigenvalue weighted by Gasteiger charge is 2.02. The smallest absolute Gasteiger partial charge is 0.0883 e. The van der Waals surface area contributed by atoms with Crippen LogP contribution in [0.4, 0.5) is 0 Å². The third kappa shape index (κ3) is 3.41. The molecule has 2 rings (SSSR count). The first-order chi connectivity index (χ1) is 9.74. The summed E-state index contributed by atoms with van der Waals surface area (Å²) in [7, 11) is 0. The second kappa shape index (κ2) is 6.80. The Morgan fingerprint density at radius 1 is 1.10 bits per heavy atom. The Morgan fingerprint density at radius 3 is 2.35 bits per heavy atom. The first-order valence-corrected chi connectivity index (χ1v) is 6.97. The molecule has 0 saturated heterocycles. The summed E-state index contributed by atoms with van der Waals surface area (Å²) in [5.41, 5.74) is 5.41. The normalized spacial score (nSPS) is 12.1. The minimum Gasteiger partial charge on any atom is -0.259 e. The van der Waals surface area contributed by atoms with Crippen LogP contribution in [0.5, 0.6) is 0 Å². The number of hydrogen-bond acceptors (Lipinski definition) is 2. The van der Waals surface area contributed by atoms with Crippen LogP contribution >= 0.6 is 0 Å². The Hall–Kier alpha value is -2.22. The van der Waals surface area contributed by atoms with Crippen LogP contribution in [0.15, 0.2) is 53.7 Å². The minimum atomic E-state index is 0.910. The summed E-state index contributed by atoms with van der Waals surface area (Å²) in [6.07, 6.45) is 6.73. The van der Waals surface area contributed by atoms with Crippen molar-refractivity contribution in [2.75, 3.05) is 0 Å². The van der Waals surface area contributed by atoms with Crippen LogP contribution in [0.3, 0.4) is 0 Å². The number of rotatable bonds is 4. The zero-order chi connectivity index (χ0) is 14.4. The highest BCUT2D eigenvalue weighted by Crippen LogP contribution is 2.21. The van der Waals surface area contributed by atoms with Crippen molar-refractivity contribution in [1.29, 1.82) is 0 Å². The van der Waals surface area contributed by atoms with Gasteiger partial charge in [-0.15, -0.1) is 0 Å². The van der Waals surface area contributed by atoms with Crippen LogP contribution in [0.1, 0.15) is 31.5 Å². The number of nitrogens with zero attached hydrogens (tertiary/aromatic N) is 2. The molecular weight excluding hydrogens is 244 g/mol. The molecular formula is C18H20N2. The van der Waals surface area contributed by atoms with Crippen LogP contribution in [-0.4, -0.2) is 11.2 Å². The Bertz CT molecular complexity index is 605. The lowest BCUT2D eigenvalue weighted by Gasteiger charge is -2.04. The molecule has 1 heterocycles. The predicted molar refractivity (Wildman–Crippen MR) is 86.8 cm³/mol. The molecule has 0 unspecified atom stereocenters. The Kier molecular flexibility index (Phi) is 4.83. The summed E-state index contributed by atoms with van der Waals surface area (Å²) in [4.78, 5) is 8.94. The highest BCUT2D eigenvalue weighted by atomic mass is 14.8. The Labute approximate surface area is 120 Å². The Balaban J connectivity index is 2.26. The summed E-state index contributed by atoms with van der Waals surface area (Å²) in [5.74, 6) is 0. The van der Waals surface area contributed by atoms with Gasteiger partial charge in [0.1, 0.15) is 0 Å². The van der Waals surface area contributed by atoms with E-state index in [1.54, 1.807) is 0 Å². The minimum absolute atomic E-state index is 0.910. The summed E-state index contributed by atoms with van der Waals surface area (Å²) >= 11 is 0. The van der Waals surface area contributed by atoms with Crippen molar-refractivity contribution in [2.24, 2.45) is 4.99 Å². The van der Waals surface area contributed by atoms with Gasteiger partial charge in [0.15, 0.2) is 0 Å². The third-order valence-electron chi connectivity index (χ3n) is 3.10. The number of aromatic nitrogens is 1. The van der Waals surface area contributed by atoms with Gasteiger partial charge in [-0.2, -0.15) is 0 Å². The lowest BCUT2D eigenvalue weighted by atomic mass is 10.1. The van der Waals surface area contributed by atoms with E-state index in [4.69, 9.17) is 0 Å². The van der Waals surface area contributed by atoms with Crippen molar-refractivity contribution in [3.05, 3.63) is 59.9 Å². The zero-order valence-electron chi connectivity index (χ0n) is 12.3. The molecule has 1 aromatic carbocycles. The second-order valence-electron chi connectivity index (χ2n) is 4.69. The molecule has 2 nitrogen and oxygen atoms in total. The molecule has 102 valence electrons. The lowest BCUT2D eigenvalue weighted by molar-refractivity contribution is 1.24. The molecule has 20 heavy (non-hydrogen) atoms. The van der Waals surface area contributed by atoms with E-state index in [-0.39, 0.29) is 0 Å². The largest absolute Gasteiger partial charge is 0.259 e. The van der Waals surface area contributed by atoms with Crippen LogP contribution in [0, 0.1) is 6.92 Å². The van der Waals surface area contributed by atoms with Gasteiger partial charge < -0.3 is 0 Å². The van der Waals surface area contributed by atoms with Crippen molar-refractivity contribution in [1.82, 2.24) is 4.98 Å².